The van der Waals surface area contributed by atoms with Gasteiger partial charge in [0.2, 0.25) is 0 Å². The summed E-state index contributed by atoms with van der Waals surface area (Å²) in [6.07, 6.45) is -9.33. The number of pyridine rings is 2. The van der Waals surface area contributed by atoms with Crippen LogP contribution in [0.15, 0.2) is 191 Å². The summed E-state index contributed by atoms with van der Waals surface area (Å²) in [6, 6.07) is 52.7. The van der Waals surface area contributed by atoms with Gasteiger partial charge in [-0.25, -0.2) is 9.97 Å². The molecule has 4 heterocycles. The molecule has 75 heavy (non-hydrogen) atoms. The fourth-order valence-electron chi connectivity index (χ4n) is 8.71. The largest absolute Gasteiger partial charge is 0.416 e. The molecule has 2 N–H and O–H groups in total. The predicted molar refractivity (Wildman–Crippen MR) is 278 cm³/mol. The highest BCUT2D eigenvalue weighted by atomic mass is 19.4. The molecule has 10 aromatic rings. The third-order valence-electron chi connectivity index (χ3n) is 12.8. The minimum absolute atomic E-state index is 0.196. The fourth-order valence-corrected chi connectivity index (χ4v) is 8.71. The Balaban J connectivity index is 0.751. The van der Waals surface area contributed by atoms with Crippen LogP contribution in [0.2, 0.25) is 0 Å². The first-order valence-corrected chi connectivity index (χ1v) is 23.9. The second-order valence-electron chi connectivity index (χ2n) is 18.0. The highest BCUT2D eigenvalue weighted by Crippen LogP contribution is 2.39. The van der Waals surface area contributed by atoms with Crippen LogP contribution in [0.25, 0.3) is 67.4 Å². The van der Waals surface area contributed by atoms with Crippen LogP contribution < -0.4 is 10.6 Å². The Morgan fingerprint density at radius 3 is 1.11 bits per heavy atom. The molecule has 15 heteroatoms. The van der Waals surface area contributed by atoms with Crippen molar-refractivity contribution >= 4 is 23.0 Å². The van der Waals surface area contributed by atoms with E-state index < -0.39 is 23.5 Å². The Morgan fingerprint density at radius 2 is 0.747 bits per heavy atom. The Bertz CT molecular complexity index is 3370. The number of ether oxygens (including phenoxy) is 1. The average molecular weight is 1010 g/mol. The van der Waals surface area contributed by atoms with Gasteiger partial charge >= 0.3 is 12.4 Å². The normalized spacial score (nSPS) is 12.6. The maximum atomic E-state index is 13.4. The molecule has 4 aromatic heterocycles. The zero-order valence-electron chi connectivity index (χ0n) is 40.8. The molecular formula is C60H46F6N6O3. The second-order valence-corrected chi connectivity index (χ2v) is 18.0. The first-order valence-electron chi connectivity index (χ1n) is 23.9. The van der Waals surface area contributed by atoms with E-state index in [2.05, 4.69) is 79.4 Å². The molecule has 2 unspecified atom stereocenters. The molecule has 0 radical (unpaired) electrons. The van der Waals surface area contributed by atoms with Crippen LogP contribution in [0.3, 0.4) is 0 Å². The van der Waals surface area contributed by atoms with Gasteiger partial charge in [-0.15, -0.1) is 0 Å². The molecule has 0 fully saturated rings. The van der Waals surface area contributed by atoms with Gasteiger partial charge in [0.25, 0.3) is 0 Å². The number of benzene rings is 6. The van der Waals surface area contributed by atoms with E-state index >= 15 is 0 Å². The van der Waals surface area contributed by atoms with E-state index in [0.717, 1.165) is 68.8 Å². The van der Waals surface area contributed by atoms with E-state index in [9.17, 15) is 26.3 Å². The molecule has 0 aliphatic rings. The molecule has 0 aliphatic carbocycles. The molecule has 9 nitrogen and oxygen atoms in total. The number of hydrogen-bond donors (Lipinski definition) is 2. The van der Waals surface area contributed by atoms with Crippen LogP contribution >= 0.6 is 0 Å². The van der Waals surface area contributed by atoms with Crippen molar-refractivity contribution in [2.75, 3.05) is 10.6 Å². The summed E-state index contributed by atoms with van der Waals surface area (Å²) < 4.78 is 98.4. The number of hydrogen-bond acceptors (Lipinski definition) is 9. The number of nitrogens with one attached hydrogen (secondary N) is 2. The lowest BCUT2D eigenvalue weighted by atomic mass is 9.99. The van der Waals surface area contributed by atoms with Crippen LogP contribution in [0, 0.1) is 13.8 Å². The first-order chi connectivity index (χ1) is 36.0. The van der Waals surface area contributed by atoms with Crippen molar-refractivity contribution in [2.45, 2.75) is 52.3 Å². The van der Waals surface area contributed by atoms with E-state index in [1.807, 2.05) is 62.4 Å². The summed E-state index contributed by atoms with van der Waals surface area (Å²) in [7, 11) is 0. The molecule has 2 atom stereocenters. The predicted octanol–water partition coefficient (Wildman–Crippen LogP) is 17.4. The zero-order chi connectivity index (χ0) is 52.4. The van der Waals surface area contributed by atoms with E-state index in [-0.39, 0.29) is 12.2 Å². The molecule has 0 spiro atoms. The Labute approximate surface area is 427 Å². The number of aryl methyl sites for hydroxylation is 2. The maximum absolute atomic E-state index is 13.4. The van der Waals surface area contributed by atoms with Gasteiger partial charge in [0.05, 0.1) is 34.7 Å². The molecule has 0 amide bonds. The lowest BCUT2D eigenvalue weighted by molar-refractivity contribution is -0.138. The van der Waals surface area contributed by atoms with E-state index in [4.69, 9.17) is 13.8 Å². The van der Waals surface area contributed by atoms with E-state index in [1.165, 1.54) is 12.1 Å². The molecule has 10 rings (SSSR count). The third kappa shape index (κ3) is 11.1. The maximum Gasteiger partial charge on any atom is 0.416 e. The zero-order valence-corrected chi connectivity index (χ0v) is 40.8. The van der Waals surface area contributed by atoms with Crippen LogP contribution in [0.5, 0.6) is 0 Å². The monoisotopic (exact) mass is 1010 g/mol. The summed E-state index contributed by atoms with van der Waals surface area (Å²) in [5.41, 5.74) is 9.98. The SMILES string of the molecule is Cc1noc(-c2ccc(-c3ccc(C(C)OC(C)c4ccc(-c5ccc(-c6onc(C)c6Nc6cccc(-c7cccc(C(F)(F)F)c7)n6)cc5)cc4)cc3)cc2)c1Nc1cccc(-c2cccc(C(F)(F)F)c2)n1. The number of nitrogens with zero attached hydrogens (tertiary/aromatic N) is 4. The molecule has 0 saturated heterocycles. The van der Waals surface area contributed by atoms with Crippen LogP contribution in [0.1, 0.15) is 59.7 Å². The van der Waals surface area contributed by atoms with Gasteiger partial charge in [-0.3, -0.25) is 0 Å². The summed E-state index contributed by atoms with van der Waals surface area (Å²) in [6.45, 7) is 7.66. The average Bonchev–Trinajstić information content (AvgIpc) is 3.98. The number of anilines is 4. The number of aromatic nitrogens is 4. The summed E-state index contributed by atoms with van der Waals surface area (Å²) in [4.78, 5) is 9.18. The van der Waals surface area contributed by atoms with Crippen LogP contribution in [0.4, 0.5) is 49.4 Å². The minimum Gasteiger partial charge on any atom is -0.366 e. The molecular weight excluding hydrogens is 967 g/mol. The van der Waals surface area contributed by atoms with Crippen molar-refractivity contribution in [2.24, 2.45) is 0 Å². The summed E-state index contributed by atoms with van der Waals surface area (Å²) >= 11 is 0. The standard InChI is InChI=1S/C60H46F6N6O3/c1-35-55(69-53-15-7-13-51(67-53)47-9-5-11-49(33-47)59(61,62)63)57(74-71-35)45-29-25-43(26-30-45)41-21-17-39(18-22-41)37(3)73-38(4)40-19-23-42(24-20-40)44-27-31-46(32-28-44)58-56(36(2)72-75-58)70-54-16-8-14-52(68-54)48-10-6-12-50(34-48)60(64,65)66/h5-34,37-38H,1-4H3,(H,67,69)(H,68,70). The highest BCUT2D eigenvalue weighted by Gasteiger charge is 2.32. The van der Waals surface area contributed by atoms with Crippen molar-refractivity contribution in [1.29, 1.82) is 0 Å². The Kier molecular flexibility index (Phi) is 13.7. The van der Waals surface area contributed by atoms with Crippen LogP contribution in [-0.2, 0) is 17.1 Å². The highest BCUT2D eigenvalue weighted by molar-refractivity contribution is 5.81. The van der Waals surface area contributed by atoms with Crippen LogP contribution in [-0.4, -0.2) is 20.3 Å². The van der Waals surface area contributed by atoms with Gasteiger partial charge < -0.3 is 24.4 Å². The second kappa shape index (κ2) is 20.6. The number of alkyl halides is 6. The van der Waals surface area contributed by atoms with Gasteiger partial charge in [-0.2, -0.15) is 26.3 Å². The lowest BCUT2D eigenvalue weighted by Crippen LogP contribution is -2.05. The first kappa shape index (κ1) is 49.7. The molecule has 0 aliphatic heterocycles. The summed E-state index contributed by atoms with van der Waals surface area (Å²) in [5, 5.41) is 14.9. The van der Waals surface area contributed by atoms with E-state index in [1.54, 1.807) is 62.4 Å². The number of rotatable bonds is 14. The topological polar surface area (TPSA) is 111 Å². The fraction of sp³-hybridized carbons (Fsp3) is 0.133. The molecule has 0 saturated carbocycles. The number of halogens is 6. The van der Waals surface area contributed by atoms with Gasteiger partial charge in [-0.1, -0.05) is 144 Å². The van der Waals surface area contributed by atoms with Gasteiger partial charge in [0.15, 0.2) is 11.5 Å². The summed E-state index contributed by atoms with van der Waals surface area (Å²) in [5.74, 6) is 1.84. The van der Waals surface area contributed by atoms with Gasteiger partial charge in [0, 0.05) is 22.3 Å². The third-order valence-corrected chi connectivity index (χ3v) is 12.8. The van der Waals surface area contributed by atoms with Crippen molar-refractivity contribution in [1.82, 2.24) is 20.3 Å². The Hall–Kier alpha value is -8.82. The Morgan fingerprint density at radius 1 is 0.413 bits per heavy atom. The van der Waals surface area contributed by atoms with Crippen molar-refractivity contribution < 1.29 is 40.1 Å². The smallest absolute Gasteiger partial charge is 0.366 e. The molecule has 376 valence electrons. The molecule has 0 bridgehead atoms. The van der Waals surface area contributed by atoms with Crippen molar-refractivity contribution in [3.8, 4) is 67.4 Å². The van der Waals surface area contributed by atoms with Crippen molar-refractivity contribution in [3.63, 3.8) is 0 Å². The quantitative estimate of drug-likeness (QED) is 0.103. The van der Waals surface area contributed by atoms with Gasteiger partial charge in [-0.05, 0) is 110 Å². The van der Waals surface area contributed by atoms with E-state index in [0.29, 0.717) is 68.4 Å². The minimum atomic E-state index is -4.47. The molecule has 6 aromatic carbocycles. The van der Waals surface area contributed by atoms with Gasteiger partial charge in [0.1, 0.15) is 34.4 Å². The van der Waals surface area contributed by atoms with Crippen molar-refractivity contribution in [3.05, 3.63) is 216 Å². The lowest BCUT2D eigenvalue weighted by Gasteiger charge is -2.20.